The van der Waals surface area contributed by atoms with Crippen LogP contribution in [0.4, 0.5) is 4.79 Å². The zero-order valence-electron chi connectivity index (χ0n) is 14.9. The Balaban J connectivity index is 2.22. The molecule has 0 spiro atoms. The van der Waals surface area contributed by atoms with Gasteiger partial charge in [0.15, 0.2) is 0 Å². The summed E-state index contributed by atoms with van der Waals surface area (Å²) in [6.07, 6.45) is 3.21. The number of hydrogen-bond acceptors (Lipinski definition) is 3. The van der Waals surface area contributed by atoms with E-state index in [0.29, 0.717) is 19.5 Å². The van der Waals surface area contributed by atoms with Crippen molar-refractivity contribution in [3.05, 3.63) is 35.9 Å². The molecule has 1 fully saturated rings. The molecule has 2 amide bonds. The first-order valence-corrected chi connectivity index (χ1v) is 8.68. The fraction of sp³-hybridized carbons (Fsp3) is 0.579. The van der Waals surface area contributed by atoms with E-state index in [1.807, 2.05) is 51.1 Å². The first kappa shape index (κ1) is 18.3. The Morgan fingerprint density at radius 1 is 1.21 bits per heavy atom. The molecule has 0 unspecified atom stereocenters. The third-order valence-electron chi connectivity index (χ3n) is 3.96. The number of amides is 2. The first-order chi connectivity index (χ1) is 11.4. The number of rotatable bonds is 3. The van der Waals surface area contributed by atoms with Crippen molar-refractivity contribution in [2.75, 3.05) is 6.54 Å². The summed E-state index contributed by atoms with van der Waals surface area (Å²) in [5, 5.41) is 2.93. The van der Waals surface area contributed by atoms with Gasteiger partial charge in [-0.15, -0.1) is 0 Å². The minimum Gasteiger partial charge on any atom is -0.444 e. The van der Waals surface area contributed by atoms with Crippen LogP contribution in [0.25, 0.3) is 0 Å². The van der Waals surface area contributed by atoms with Crippen molar-refractivity contribution in [2.45, 2.75) is 64.6 Å². The lowest BCUT2D eigenvalue weighted by Crippen LogP contribution is -2.51. The normalized spacial score (nSPS) is 19.0. The molecule has 1 heterocycles. The zero-order valence-corrected chi connectivity index (χ0v) is 14.9. The molecule has 1 aliphatic rings. The lowest BCUT2D eigenvalue weighted by atomic mass is 10.0. The highest BCUT2D eigenvalue weighted by Gasteiger charge is 2.33. The van der Waals surface area contributed by atoms with Crippen LogP contribution in [0, 0.1) is 0 Å². The first-order valence-electron chi connectivity index (χ1n) is 8.68. The summed E-state index contributed by atoms with van der Waals surface area (Å²) >= 11 is 0. The molecule has 24 heavy (non-hydrogen) atoms. The highest BCUT2D eigenvalue weighted by atomic mass is 16.6. The molecule has 1 saturated heterocycles. The Bertz CT molecular complexity index is 551. The average Bonchev–Trinajstić information content (AvgIpc) is 2.49. The van der Waals surface area contributed by atoms with Crippen LogP contribution in [0.3, 0.4) is 0 Å². The summed E-state index contributed by atoms with van der Waals surface area (Å²) in [4.78, 5) is 26.8. The van der Waals surface area contributed by atoms with Gasteiger partial charge in [-0.05, 0) is 39.2 Å². The van der Waals surface area contributed by atoms with Crippen LogP contribution >= 0.6 is 0 Å². The third kappa shape index (κ3) is 5.55. The number of nitrogens with one attached hydrogen (secondary N) is 1. The molecule has 0 bridgehead atoms. The van der Waals surface area contributed by atoms with E-state index >= 15 is 0 Å². The number of carbonyl (C=O) groups is 2. The van der Waals surface area contributed by atoms with Gasteiger partial charge in [-0.25, -0.2) is 4.79 Å². The predicted molar refractivity (Wildman–Crippen MR) is 93.5 cm³/mol. The molecule has 1 atom stereocenters. The largest absolute Gasteiger partial charge is 0.444 e. The van der Waals surface area contributed by atoms with E-state index < -0.39 is 17.7 Å². The monoisotopic (exact) mass is 332 g/mol. The Morgan fingerprint density at radius 2 is 1.92 bits per heavy atom. The van der Waals surface area contributed by atoms with Crippen molar-refractivity contribution in [1.82, 2.24) is 10.2 Å². The van der Waals surface area contributed by atoms with E-state index in [1.54, 1.807) is 4.90 Å². The van der Waals surface area contributed by atoms with E-state index in [2.05, 4.69) is 5.32 Å². The van der Waals surface area contributed by atoms with Crippen LogP contribution in [-0.2, 0) is 16.1 Å². The van der Waals surface area contributed by atoms with Crippen LogP contribution in [0.15, 0.2) is 30.3 Å². The molecule has 132 valence electrons. The second kappa shape index (κ2) is 8.18. The standard InChI is InChI=1S/C19H28N2O3/c1-19(2,3)24-18(23)21(14-15-10-6-4-7-11-15)16-12-8-5-9-13-20-17(16)22/h4,6-7,10-11,16H,5,8-9,12-14H2,1-3H3,(H,20,22)/t16-/m0/s1. The molecule has 1 N–H and O–H groups in total. The van der Waals surface area contributed by atoms with Gasteiger partial charge in [0.1, 0.15) is 11.6 Å². The summed E-state index contributed by atoms with van der Waals surface area (Å²) in [6, 6.07) is 9.22. The molecular weight excluding hydrogens is 304 g/mol. The zero-order chi connectivity index (χ0) is 17.6. The molecule has 5 heteroatoms. The van der Waals surface area contributed by atoms with Crippen LogP contribution in [0.2, 0.25) is 0 Å². The van der Waals surface area contributed by atoms with Gasteiger partial charge in [0.25, 0.3) is 0 Å². The van der Waals surface area contributed by atoms with E-state index in [1.165, 1.54) is 0 Å². The molecule has 5 nitrogen and oxygen atoms in total. The third-order valence-corrected chi connectivity index (χ3v) is 3.96. The van der Waals surface area contributed by atoms with Gasteiger partial charge in [-0.2, -0.15) is 0 Å². The van der Waals surface area contributed by atoms with Gasteiger partial charge >= 0.3 is 6.09 Å². The summed E-state index contributed by atoms with van der Waals surface area (Å²) < 4.78 is 5.55. The lowest BCUT2D eigenvalue weighted by Gasteiger charge is -2.33. The van der Waals surface area contributed by atoms with Crippen molar-refractivity contribution < 1.29 is 14.3 Å². The molecule has 1 aliphatic heterocycles. The Labute approximate surface area is 144 Å². The van der Waals surface area contributed by atoms with Crippen LogP contribution in [-0.4, -0.2) is 35.1 Å². The number of benzene rings is 1. The lowest BCUT2D eigenvalue weighted by molar-refractivity contribution is -0.127. The van der Waals surface area contributed by atoms with Gasteiger partial charge in [-0.3, -0.25) is 9.69 Å². The minimum atomic E-state index is -0.593. The molecule has 2 rings (SSSR count). The maximum Gasteiger partial charge on any atom is 0.411 e. The van der Waals surface area contributed by atoms with Gasteiger partial charge in [0.05, 0.1) is 0 Å². The van der Waals surface area contributed by atoms with E-state index in [4.69, 9.17) is 4.74 Å². The molecule has 0 saturated carbocycles. The molecule has 0 aromatic heterocycles. The summed E-state index contributed by atoms with van der Waals surface area (Å²) in [6.45, 7) is 6.55. The fourth-order valence-corrected chi connectivity index (χ4v) is 2.80. The summed E-state index contributed by atoms with van der Waals surface area (Å²) in [5.41, 5.74) is 0.391. The molecule has 0 aliphatic carbocycles. The smallest absolute Gasteiger partial charge is 0.411 e. The van der Waals surface area contributed by atoms with Crippen LogP contribution in [0.5, 0.6) is 0 Å². The number of ether oxygens (including phenoxy) is 1. The molecule has 1 aromatic rings. The van der Waals surface area contributed by atoms with Crippen molar-refractivity contribution in [3.63, 3.8) is 0 Å². The molecule has 0 radical (unpaired) electrons. The van der Waals surface area contributed by atoms with E-state index in [9.17, 15) is 9.59 Å². The molecular formula is C19H28N2O3. The highest BCUT2D eigenvalue weighted by Crippen LogP contribution is 2.20. The van der Waals surface area contributed by atoms with Crippen LogP contribution < -0.4 is 5.32 Å². The number of nitrogens with zero attached hydrogens (tertiary/aromatic N) is 1. The Hall–Kier alpha value is -2.04. The quantitative estimate of drug-likeness (QED) is 0.922. The molecule has 1 aromatic carbocycles. The second-order valence-electron chi connectivity index (χ2n) is 7.25. The van der Waals surface area contributed by atoms with Crippen molar-refractivity contribution in [2.24, 2.45) is 0 Å². The van der Waals surface area contributed by atoms with Crippen LogP contribution in [0.1, 0.15) is 52.0 Å². The second-order valence-corrected chi connectivity index (χ2v) is 7.25. The van der Waals surface area contributed by atoms with Gasteiger partial charge < -0.3 is 10.1 Å². The van der Waals surface area contributed by atoms with E-state index in [0.717, 1.165) is 24.8 Å². The Morgan fingerprint density at radius 3 is 2.58 bits per heavy atom. The maximum absolute atomic E-state index is 12.7. The minimum absolute atomic E-state index is 0.0866. The van der Waals surface area contributed by atoms with Crippen molar-refractivity contribution in [3.8, 4) is 0 Å². The summed E-state index contributed by atoms with van der Waals surface area (Å²) in [5.74, 6) is -0.0866. The SMILES string of the molecule is CC(C)(C)OC(=O)N(Cc1ccccc1)[C@H]1CCCCCNC1=O. The fourth-order valence-electron chi connectivity index (χ4n) is 2.80. The predicted octanol–water partition coefficient (Wildman–Crippen LogP) is 3.48. The average molecular weight is 332 g/mol. The Kier molecular flexibility index (Phi) is 6.23. The van der Waals surface area contributed by atoms with Gasteiger partial charge in [0.2, 0.25) is 5.91 Å². The topological polar surface area (TPSA) is 58.6 Å². The summed E-state index contributed by atoms with van der Waals surface area (Å²) in [7, 11) is 0. The highest BCUT2D eigenvalue weighted by molar-refractivity contribution is 5.85. The number of hydrogen-bond donors (Lipinski definition) is 1. The van der Waals surface area contributed by atoms with Crippen molar-refractivity contribution >= 4 is 12.0 Å². The van der Waals surface area contributed by atoms with Crippen molar-refractivity contribution in [1.29, 1.82) is 0 Å². The van der Waals surface area contributed by atoms with Gasteiger partial charge in [0, 0.05) is 13.1 Å². The van der Waals surface area contributed by atoms with E-state index in [-0.39, 0.29) is 5.91 Å². The van der Waals surface area contributed by atoms with Gasteiger partial charge in [-0.1, -0.05) is 43.2 Å². The number of carbonyl (C=O) groups excluding carboxylic acids is 2. The maximum atomic E-state index is 12.7.